The van der Waals surface area contributed by atoms with Crippen LogP contribution in [-0.4, -0.2) is 37.0 Å². The lowest BCUT2D eigenvalue weighted by Crippen LogP contribution is -2.35. The van der Waals surface area contributed by atoms with Crippen LogP contribution in [0.15, 0.2) is 0 Å². The van der Waals surface area contributed by atoms with Gasteiger partial charge in [-0.05, 0) is 38.8 Å². The number of nitriles is 1. The van der Waals surface area contributed by atoms with Crippen LogP contribution in [0.1, 0.15) is 32.6 Å². The number of nitrogens with one attached hydrogen (secondary N) is 1. The highest BCUT2D eigenvalue weighted by molar-refractivity contribution is 5.76. The summed E-state index contributed by atoms with van der Waals surface area (Å²) < 4.78 is 0. The molecule has 1 N–H and O–H groups in total. The quantitative estimate of drug-likeness (QED) is 0.760. The second-order valence-electron chi connectivity index (χ2n) is 4.61. The van der Waals surface area contributed by atoms with E-state index < -0.39 is 0 Å². The minimum atomic E-state index is 0.0270. The van der Waals surface area contributed by atoms with Crippen LogP contribution in [0.5, 0.6) is 0 Å². The van der Waals surface area contributed by atoms with Gasteiger partial charge in [0.05, 0.1) is 12.5 Å². The Morgan fingerprint density at radius 2 is 2.44 bits per heavy atom. The van der Waals surface area contributed by atoms with Crippen LogP contribution in [0.3, 0.4) is 0 Å². The topological polar surface area (TPSA) is 56.1 Å². The SMILES string of the molecule is CC(CC#N)N(C)C(=O)CCC1CCNC1. The number of carbonyl (C=O) groups excluding carboxylic acids is 1. The van der Waals surface area contributed by atoms with Crippen LogP contribution in [0.4, 0.5) is 0 Å². The molecule has 4 heteroatoms. The molecule has 4 nitrogen and oxygen atoms in total. The Bertz CT molecular complexity index is 266. The first-order valence-corrected chi connectivity index (χ1v) is 5.98. The van der Waals surface area contributed by atoms with E-state index in [1.54, 1.807) is 11.9 Å². The molecule has 1 aliphatic rings. The van der Waals surface area contributed by atoms with E-state index in [1.165, 1.54) is 6.42 Å². The Morgan fingerprint density at radius 1 is 1.69 bits per heavy atom. The molecule has 0 aromatic rings. The van der Waals surface area contributed by atoms with Crippen LogP contribution in [0.2, 0.25) is 0 Å². The molecule has 1 aliphatic heterocycles. The van der Waals surface area contributed by atoms with Crippen molar-refractivity contribution in [2.75, 3.05) is 20.1 Å². The van der Waals surface area contributed by atoms with Gasteiger partial charge in [0, 0.05) is 19.5 Å². The molecule has 1 rings (SSSR count). The Hall–Kier alpha value is -1.08. The summed E-state index contributed by atoms with van der Waals surface area (Å²) in [5, 5.41) is 11.9. The molecule has 0 saturated carbocycles. The predicted octanol–water partition coefficient (Wildman–Crippen LogP) is 1.14. The summed E-state index contributed by atoms with van der Waals surface area (Å²) in [5.41, 5.74) is 0. The summed E-state index contributed by atoms with van der Waals surface area (Å²) in [4.78, 5) is 13.5. The lowest BCUT2D eigenvalue weighted by Gasteiger charge is -2.23. The average Bonchev–Trinajstić information content (AvgIpc) is 2.78. The molecule has 0 radical (unpaired) electrons. The third-order valence-corrected chi connectivity index (χ3v) is 3.37. The normalized spacial score (nSPS) is 21.4. The fraction of sp³-hybridized carbons (Fsp3) is 0.833. The zero-order chi connectivity index (χ0) is 12.0. The Morgan fingerprint density at radius 3 is 3.00 bits per heavy atom. The first-order chi connectivity index (χ1) is 7.65. The first-order valence-electron chi connectivity index (χ1n) is 5.98. The van der Waals surface area contributed by atoms with Crippen molar-refractivity contribution >= 4 is 5.91 Å². The van der Waals surface area contributed by atoms with Crippen molar-refractivity contribution in [3.05, 3.63) is 0 Å². The minimum Gasteiger partial charge on any atom is -0.342 e. The van der Waals surface area contributed by atoms with Gasteiger partial charge in [0.2, 0.25) is 5.91 Å². The van der Waals surface area contributed by atoms with Gasteiger partial charge in [0.15, 0.2) is 0 Å². The molecule has 0 spiro atoms. The van der Waals surface area contributed by atoms with Crippen LogP contribution >= 0.6 is 0 Å². The second-order valence-corrected chi connectivity index (χ2v) is 4.61. The monoisotopic (exact) mass is 223 g/mol. The third kappa shape index (κ3) is 3.82. The zero-order valence-electron chi connectivity index (χ0n) is 10.2. The molecule has 0 bridgehead atoms. The van der Waals surface area contributed by atoms with Crippen molar-refractivity contribution < 1.29 is 4.79 Å². The predicted molar refractivity (Wildman–Crippen MR) is 62.7 cm³/mol. The molecule has 2 unspecified atom stereocenters. The van der Waals surface area contributed by atoms with Crippen LogP contribution < -0.4 is 5.32 Å². The lowest BCUT2D eigenvalue weighted by molar-refractivity contribution is -0.131. The molecule has 2 atom stereocenters. The average molecular weight is 223 g/mol. The maximum absolute atomic E-state index is 11.8. The fourth-order valence-corrected chi connectivity index (χ4v) is 1.98. The Kier molecular flexibility index (Phi) is 5.27. The number of hydrogen-bond donors (Lipinski definition) is 1. The van der Waals surface area contributed by atoms with Crippen molar-refractivity contribution in [1.82, 2.24) is 10.2 Å². The highest BCUT2D eigenvalue weighted by Gasteiger charge is 2.19. The molecule has 0 aromatic heterocycles. The van der Waals surface area contributed by atoms with E-state index in [1.807, 2.05) is 6.92 Å². The van der Waals surface area contributed by atoms with Gasteiger partial charge < -0.3 is 10.2 Å². The highest BCUT2D eigenvalue weighted by atomic mass is 16.2. The third-order valence-electron chi connectivity index (χ3n) is 3.37. The number of hydrogen-bond acceptors (Lipinski definition) is 3. The van der Waals surface area contributed by atoms with Gasteiger partial charge in [-0.15, -0.1) is 0 Å². The highest BCUT2D eigenvalue weighted by Crippen LogP contribution is 2.15. The molecule has 1 fully saturated rings. The van der Waals surface area contributed by atoms with E-state index in [-0.39, 0.29) is 11.9 Å². The van der Waals surface area contributed by atoms with Crippen LogP contribution in [0.25, 0.3) is 0 Å². The molecule has 1 amide bonds. The van der Waals surface area contributed by atoms with E-state index in [9.17, 15) is 4.79 Å². The van der Waals surface area contributed by atoms with Crippen molar-refractivity contribution in [2.45, 2.75) is 38.6 Å². The number of amides is 1. The molecular formula is C12H21N3O. The molecule has 0 aliphatic carbocycles. The zero-order valence-corrected chi connectivity index (χ0v) is 10.2. The number of carbonyl (C=O) groups is 1. The molecule has 1 heterocycles. The van der Waals surface area contributed by atoms with Crippen molar-refractivity contribution in [3.8, 4) is 6.07 Å². The van der Waals surface area contributed by atoms with Gasteiger partial charge in [-0.2, -0.15) is 5.26 Å². The largest absolute Gasteiger partial charge is 0.342 e. The van der Waals surface area contributed by atoms with Gasteiger partial charge in [0.1, 0.15) is 0 Å². The lowest BCUT2D eigenvalue weighted by atomic mass is 10.0. The molecular weight excluding hydrogens is 202 g/mol. The van der Waals surface area contributed by atoms with Gasteiger partial charge in [0.25, 0.3) is 0 Å². The van der Waals surface area contributed by atoms with Crippen LogP contribution in [-0.2, 0) is 4.79 Å². The van der Waals surface area contributed by atoms with E-state index in [0.717, 1.165) is 19.5 Å². The van der Waals surface area contributed by atoms with E-state index in [4.69, 9.17) is 5.26 Å². The van der Waals surface area contributed by atoms with Crippen LogP contribution in [0, 0.1) is 17.2 Å². The summed E-state index contributed by atoms with van der Waals surface area (Å²) in [6.07, 6.45) is 3.17. The maximum Gasteiger partial charge on any atom is 0.222 e. The fourth-order valence-electron chi connectivity index (χ4n) is 1.98. The summed E-state index contributed by atoms with van der Waals surface area (Å²) in [7, 11) is 1.79. The second kappa shape index (κ2) is 6.49. The van der Waals surface area contributed by atoms with Gasteiger partial charge >= 0.3 is 0 Å². The summed E-state index contributed by atoms with van der Waals surface area (Å²) in [6.45, 7) is 4.04. The molecule has 1 saturated heterocycles. The van der Waals surface area contributed by atoms with Gasteiger partial charge in [-0.3, -0.25) is 4.79 Å². The summed E-state index contributed by atoms with van der Waals surface area (Å²) in [5.74, 6) is 0.818. The summed E-state index contributed by atoms with van der Waals surface area (Å²) >= 11 is 0. The van der Waals surface area contributed by atoms with Gasteiger partial charge in [-0.1, -0.05) is 0 Å². The minimum absolute atomic E-state index is 0.0270. The molecule has 16 heavy (non-hydrogen) atoms. The maximum atomic E-state index is 11.8. The number of nitrogens with zero attached hydrogens (tertiary/aromatic N) is 2. The Balaban J connectivity index is 2.25. The molecule has 90 valence electrons. The number of rotatable bonds is 5. The van der Waals surface area contributed by atoms with Crippen molar-refractivity contribution in [3.63, 3.8) is 0 Å². The molecule has 0 aromatic carbocycles. The van der Waals surface area contributed by atoms with E-state index in [0.29, 0.717) is 18.8 Å². The van der Waals surface area contributed by atoms with Gasteiger partial charge in [-0.25, -0.2) is 0 Å². The van der Waals surface area contributed by atoms with Crippen molar-refractivity contribution in [2.24, 2.45) is 5.92 Å². The van der Waals surface area contributed by atoms with Crippen molar-refractivity contribution in [1.29, 1.82) is 5.26 Å². The standard InChI is InChI=1S/C12H21N3O/c1-10(5-7-13)15(2)12(16)4-3-11-6-8-14-9-11/h10-11,14H,3-6,8-9H2,1-2H3. The smallest absolute Gasteiger partial charge is 0.222 e. The first kappa shape index (κ1) is 13.0. The summed E-state index contributed by atoms with van der Waals surface area (Å²) in [6, 6.07) is 2.12. The van der Waals surface area contributed by atoms with E-state index >= 15 is 0 Å². The van der Waals surface area contributed by atoms with E-state index in [2.05, 4.69) is 11.4 Å². The Labute approximate surface area is 97.6 Å².